The number of esters is 1. The third-order valence-corrected chi connectivity index (χ3v) is 5.33. The van der Waals surface area contributed by atoms with Crippen molar-refractivity contribution in [1.82, 2.24) is 0 Å². The Labute approximate surface area is 129 Å². The van der Waals surface area contributed by atoms with Gasteiger partial charge in [0.15, 0.2) is 0 Å². The first-order valence-electron chi connectivity index (χ1n) is 7.59. The van der Waals surface area contributed by atoms with E-state index in [9.17, 15) is 9.59 Å². The van der Waals surface area contributed by atoms with Crippen LogP contribution in [-0.4, -0.2) is 23.7 Å². The second-order valence-corrected chi connectivity index (χ2v) is 6.75. The lowest BCUT2D eigenvalue weighted by Gasteiger charge is -2.56. The number of benzene rings is 1. The van der Waals surface area contributed by atoms with E-state index in [0.717, 1.165) is 12.3 Å². The maximum Gasteiger partial charge on any atom is 0.339 e. The van der Waals surface area contributed by atoms with Crippen molar-refractivity contribution >= 4 is 11.9 Å². The highest BCUT2D eigenvalue weighted by atomic mass is 16.5. The number of fused-ring (bicyclic) bond motifs is 1. The zero-order valence-electron chi connectivity index (χ0n) is 12.8. The van der Waals surface area contributed by atoms with Gasteiger partial charge in [-0.3, -0.25) is 0 Å². The topological polar surface area (TPSA) is 63.6 Å². The number of hydrogen-bond donors (Lipinski definition) is 1. The van der Waals surface area contributed by atoms with Crippen LogP contribution in [-0.2, 0) is 4.74 Å². The molecular weight excluding hydrogens is 280 g/mol. The van der Waals surface area contributed by atoms with Crippen molar-refractivity contribution in [3.05, 3.63) is 47.0 Å². The fourth-order valence-corrected chi connectivity index (χ4v) is 3.71. The molecule has 116 valence electrons. The molecule has 0 saturated heterocycles. The van der Waals surface area contributed by atoms with Gasteiger partial charge in [-0.2, -0.15) is 0 Å². The largest absolute Gasteiger partial charge is 0.478 e. The summed E-state index contributed by atoms with van der Waals surface area (Å²) < 4.78 is 5.38. The molecule has 0 amide bonds. The van der Waals surface area contributed by atoms with Gasteiger partial charge in [0.1, 0.15) is 6.61 Å². The average Bonchev–Trinajstić information content (AvgIpc) is 2.52. The molecule has 2 atom stereocenters. The highest BCUT2D eigenvalue weighted by Gasteiger charge is 2.51. The van der Waals surface area contributed by atoms with Crippen molar-refractivity contribution < 1.29 is 19.4 Å². The fourth-order valence-electron chi connectivity index (χ4n) is 3.71. The lowest BCUT2D eigenvalue weighted by atomic mass is 9.49. The number of carboxylic acid groups (broad SMARTS) is 1. The Bertz CT molecular complexity index is 657. The number of carboxylic acids is 1. The maximum atomic E-state index is 12.2. The molecule has 0 spiro atoms. The van der Waals surface area contributed by atoms with E-state index in [-0.39, 0.29) is 23.1 Å². The predicted octanol–water partition coefficient (Wildman–Crippen LogP) is 3.53. The zero-order chi connectivity index (χ0) is 15.9. The van der Waals surface area contributed by atoms with Crippen LogP contribution in [0.1, 0.15) is 47.4 Å². The van der Waals surface area contributed by atoms with Gasteiger partial charge in [0.05, 0.1) is 11.1 Å². The Hall–Kier alpha value is -2.10. The third kappa shape index (κ3) is 2.32. The third-order valence-electron chi connectivity index (χ3n) is 5.33. The number of carbonyl (C=O) groups excluding carboxylic acids is 1. The van der Waals surface area contributed by atoms with Gasteiger partial charge in [0, 0.05) is 0 Å². The SMILES string of the molecule is CC1(C)C2CC=C(COC(=O)c3ccccc3C(=O)O)C1C2. The van der Waals surface area contributed by atoms with Gasteiger partial charge in [-0.15, -0.1) is 0 Å². The van der Waals surface area contributed by atoms with Gasteiger partial charge < -0.3 is 9.84 Å². The molecule has 1 aromatic rings. The molecule has 3 aliphatic rings. The van der Waals surface area contributed by atoms with Gasteiger partial charge in [-0.25, -0.2) is 9.59 Å². The summed E-state index contributed by atoms with van der Waals surface area (Å²) in [5.74, 6) is -0.469. The number of ether oxygens (including phenoxy) is 1. The van der Waals surface area contributed by atoms with E-state index in [4.69, 9.17) is 9.84 Å². The van der Waals surface area contributed by atoms with Crippen LogP contribution in [0.2, 0.25) is 0 Å². The molecule has 1 N–H and O–H groups in total. The van der Waals surface area contributed by atoms with Crippen molar-refractivity contribution in [2.24, 2.45) is 17.3 Å². The molecule has 0 heterocycles. The van der Waals surface area contributed by atoms with Crippen molar-refractivity contribution in [3.8, 4) is 0 Å². The molecule has 22 heavy (non-hydrogen) atoms. The Balaban J connectivity index is 1.69. The number of aromatic carboxylic acids is 1. The van der Waals surface area contributed by atoms with E-state index >= 15 is 0 Å². The molecule has 4 nitrogen and oxygen atoms in total. The van der Waals surface area contributed by atoms with Crippen LogP contribution in [0, 0.1) is 17.3 Å². The molecule has 1 fully saturated rings. The summed E-state index contributed by atoms with van der Waals surface area (Å²) in [6.45, 7) is 4.79. The van der Waals surface area contributed by atoms with E-state index < -0.39 is 11.9 Å². The molecule has 2 bridgehead atoms. The maximum absolute atomic E-state index is 12.2. The smallest absolute Gasteiger partial charge is 0.339 e. The molecule has 1 saturated carbocycles. The highest BCUT2D eigenvalue weighted by molar-refractivity contribution is 6.02. The van der Waals surface area contributed by atoms with E-state index in [1.54, 1.807) is 12.1 Å². The monoisotopic (exact) mass is 300 g/mol. The molecule has 0 aliphatic heterocycles. The van der Waals surface area contributed by atoms with Crippen LogP contribution in [0.25, 0.3) is 0 Å². The lowest BCUT2D eigenvalue weighted by Crippen LogP contribution is -2.48. The minimum absolute atomic E-state index is 0.0193. The first kappa shape index (κ1) is 14.8. The summed E-state index contributed by atoms with van der Waals surface area (Å²) in [5, 5.41) is 9.13. The van der Waals surface area contributed by atoms with Gasteiger partial charge in [-0.1, -0.05) is 32.1 Å². The van der Waals surface area contributed by atoms with Crippen LogP contribution >= 0.6 is 0 Å². The number of hydrogen-bond acceptors (Lipinski definition) is 3. The molecule has 0 radical (unpaired) electrons. The normalized spacial score (nSPS) is 24.9. The van der Waals surface area contributed by atoms with Crippen LogP contribution in [0.4, 0.5) is 0 Å². The minimum Gasteiger partial charge on any atom is -0.478 e. The predicted molar refractivity (Wildman–Crippen MR) is 81.8 cm³/mol. The van der Waals surface area contributed by atoms with Gasteiger partial charge in [-0.05, 0) is 47.8 Å². The Morgan fingerprint density at radius 3 is 2.55 bits per heavy atom. The summed E-state index contributed by atoms with van der Waals surface area (Å²) in [6, 6.07) is 6.15. The van der Waals surface area contributed by atoms with Gasteiger partial charge in [0.25, 0.3) is 0 Å². The Morgan fingerprint density at radius 1 is 1.27 bits per heavy atom. The number of allylic oxidation sites excluding steroid dienone is 1. The summed E-state index contributed by atoms with van der Waals surface area (Å²) >= 11 is 0. The van der Waals surface area contributed by atoms with Crippen LogP contribution < -0.4 is 0 Å². The van der Waals surface area contributed by atoms with Crippen LogP contribution in [0.3, 0.4) is 0 Å². The number of carbonyl (C=O) groups is 2. The number of rotatable bonds is 4. The molecule has 0 aromatic heterocycles. The van der Waals surface area contributed by atoms with E-state index in [0.29, 0.717) is 5.92 Å². The fraction of sp³-hybridized carbons (Fsp3) is 0.444. The molecule has 1 aromatic carbocycles. The second-order valence-electron chi connectivity index (χ2n) is 6.75. The van der Waals surface area contributed by atoms with Crippen molar-refractivity contribution in [3.63, 3.8) is 0 Å². The highest BCUT2D eigenvalue weighted by Crippen LogP contribution is 2.59. The van der Waals surface area contributed by atoms with Gasteiger partial charge in [0.2, 0.25) is 0 Å². The van der Waals surface area contributed by atoms with E-state index in [1.165, 1.54) is 24.1 Å². The molecule has 4 heteroatoms. The van der Waals surface area contributed by atoms with Crippen molar-refractivity contribution in [2.75, 3.05) is 6.61 Å². The first-order chi connectivity index (χ1) is 10.4. The summed E-state index contributed by atoms with van der Waals surface area (Å²) in [7, 11) is 0. The summed E-state index contributed by atoms with van der Waals surface area (Å²) in [5.41, 5.74) is 1.55. The first-order valence-corrected chi connectivity index (χ1v) is 7.59. The van der Waals surface area contributed by atoms with Crippen LogP contribution in [0.15, 0.2) is 35.9 Å². The molecule has 3 aliphatic carbocycles. The summed E-state index contributed by atoms with van der Waals surface area (Å²) in [6.07, 6.45) is 4.39. The summed E-state index contributed by atoms with van der Waals surface area (Å²) in [4.78, 5) is 23.3. The van der Waals surface area contributed by atoms with Crippen LogP contribution in [0.5, 0.6) is 0 Å². The van der Waals surface area contributed by atoms with Crippen molar-refractivity contribution in [2.45, 2.75) is 26.7 Å². The Kier molecular flexibility index (Phi) is 3.55. The molecule has 2 unspecified atom stereocenters. The van der Waals surface area contributed by atoms with E-state index in [1.807, 2.05) is 0 Å². The lowest BCUT2D eigenvalue weighted by molar-refractivity contribution is -0.0155. The second kappa shape index (κ2) is 5.27. The van der Waals surface area contributed by atoms with Gasteiger partial charge >= 0.3 is 11.9 Å². The quantitative estimate of drug-likeness (QED) is 0.682. The van der Waals surface area contributed by atoms with E-state index in [2.05, 4.69) is 19.9 Å². The molecule has 4 rings (SSSR count). The Morgan fingerprint density at radius 2 is 1.95 bits per heavy atom. The molecular formula is C18H20O4. The minimum atomic E-state index is -1.12. The zero-order valence-corrected chi connectivity index (χ0v) is 12.8. The standard InChI is InChI=1S/C18H20O4/c1-18(2)12-8-7-11(15(18)9-12)10-22-17(21)14-6-4-3-5-13(14)16(19)20/h3-7,12,15H,8-10H2,1-2H3,(H,19,20). The van der Waals surface area contributed by atoms with Crippen molar-refractivity contribution in [1.29, 1.82) is 0 Å². The average molecular weight is 300 g/mol.